The summed E-state index contributed by atoms with van der Waals surface area (Å²) in [5, 5.41) is 11.3. The zero-order valence-electron chi connectivity index (χ0n) is 18.2. The Morgan fingerprint density at radius 3 is 2.56 bits per heavy atom. The highest BCUT2D eigenvalue weighted by Crippen LogP contribution is 2.34. The fourth-order valence-electron chi connectivity index (χ4n) is 4.13. The van der Waals surface area contributed by atoms with Crippen molar-refractivity contribution in [3.05, 3.63) is 82.6 Å². The van der Waals surface area contributed by atoms with Gasteiger partial charge < -0.3 is 14.8 Å². The van der Waals surface area contributed by atoms with Gasteiger partial charge in [-0.15, -0.1) is 10.2 Å². The summed E-state index contributed by atoms with van der Waals surface area (Å²) in [6.45, 7) is 1.97. The van der Waals surface area contributed by atoms with Gasteiger partial charge in [0.15, 0.2) is 17.3 Å². The largest absolute Gasteiger partial charge is 0.454 e. The lowest BCUT2D eigenvalue weighted by Crippen LogP contribution is -2.29. The first-order chi connectivity index (χ1) is 16.6. The first-order valence-corrected chi connectivity index (χ1v) is 10.7. The summed E-state index contributed by atoms with van der Waals surface area (Å²) in [6.07, 6.45) is 0. The molecule has 1 aliphatic rings. The molecule has 0 unspecified atom stereocenters. The number of hydrogen-bond donors (Lipinski definition) is 1. The molecule has 1 aliphatic heterocycles. The van der Waals surface area contributed by atoms with Gasteiger partial charge in [-0.05, 0) is 31.2 Å². The maximum absolute atomic E-state index is 13.4. The predicted octanol–water partition coefficient (Wildman–Crippen LogP) is 3.39. The summed E-state index contributed by atoms with van der Waals surface area (Å²) < 4.78 is 13.8. The van der Waals surface area contributed by atoms with Crippen molar-refractivity contribution in [3.8, 4) is 22.9 Å². The van der Waals surface area contributed by atoms with Crippen molar-refractivity contribution in [1.82, 2.24) is 19.2 Å². The van der Waals surface area contributed by atoms with E-state index in [0.29, 0.717) is 28.5 Å². The predicted molar refractivity (Wildman–Crippen MR) is 126 cm³/mol. The molecule has 168 valence electrons. The minimum absolute atomic E-state index is 0.150. The molecule has 0 aliphatic carbocycles. The van der Waals surface area contributed by atoms with Crippen LogP contribution < -0.4 is 20.3 Å². The number of nitrogens with one attached hydrogen (secondary N) is 1. The number of carbonyl (C=O) groups is 1. The van der Waals surface area contributed by atoms with Crippen molar-refractivity contribution < 1.29 is 14.3 Å². The van der Waals surface area contributed by atoms with Crippen molar-refractivity contribution in [1.29, 1.82) is 0 Å². The van der Waals surface area contributed by atoms with Crippen LogP contribution in [0.3, 0.4) is 0 Å². The van der Waals surface area contributed by atoms with Crippen LogP contribution in [0.2, 0.25) is 0 Å². The molecule has 0 bridgehead atoms. The van der Waals surface area contributed by atoms with Gasteiger partial charge in [0.1, 0.15) is 6.54 Å². The number of fused-ring (bicyclic) bond motifs is 4. The van der Waals surface area contributed by atoms with E-state index in [1.54, 1.807) is 22.6 Å². The van der Waals surface area contributed by atoms with Gasteiger partial charge in [-0.1, -0.05) is 42.0 Å². The van der Waals surface area contributed by atoms with Crippen LogP contribution in [-0.2, 0) is 11.3 Å². The number of rotatable bonds is 4. The van der Waals surface area contributed by atoms with Gasteiger partial charge in [0.05, 0.1) is 11.0 Å². The Morgan fingerprint density at radius 2 is 1.74 bits per heavy atom. The summed E-state index contributed by atoms with van der Waals surface area (Å²) in [5.41, 5.74) is 3.62. The normalized spacial score (nSPS) is 12.4. The molecule has 3 aromatic carbocycles. The van der Waals surface area contributed by atoms with E-state index in [1.165, 1.54) is 4.57 Å². The fraction of sp³-hybridized carbons (Fsp3) is 0.120. The zero-order valence-corrected chi connectivity index (χ0v) is 18.2. The number of para-hydroxylation sites is 2. The molecule has 1 amide bonds. The lowest BCUT2D eigenvalue weighted by molar-refractivity contribution is -0.116. The standard InChI is InChI=1S/C25H19N5O4/c1-15-6-8-16(9-7-15)23-27-28-24-25(32)29(18-4-2-3-5-19(18)30(23)24)13-22(31)26-17-10-11-20-21(12-17)34-14-33-20/h2-12H,13-14H2,1H3,(H,26,31). The molecule has 5 aromatic rings. The highest BCUT2D eigenvalue weighted by molar-refractivity contribution is 5.92. The summed E-state index contributed by atoms with van der Waals surface area (Å²) in [7, 11) is 0. The minimum Gasteiger partial charge on any atom is -0.454 e. The fourth-order valence-corrected chi connectivity index (χ4v) is 4.13. The number of nitrogens with zero attached hydrogens (tertiary/aromatic N) is 4. The summed E-state index contributed by atoms with van der Waals surface area (Å²) in [5.74, 6) is 1.41. The van der Waals surface area contributed by atoms with Gasteiger partial charge in [-0.3, -0.25) is 18.6 Å². The number of ether oxygens (including phenoxy) is 2. The topological polar surface area (TPSA) is 99.8 Å². The molecule has 0 saturated heterocycles. The van der Waals surface area contributed by atoms with Crippen molar-refractivity contribution in [2.45, 2.75) is 13.5 Å². The molecule has 0 atom stereocenters. The third kappa shape index (κ3) is 3.25. The van der Waals surface area contributed by atoms with Crippen molar-refractivity contribution >= 4 is 28.3 Å². The smallest absolute Gasteiger partial charge is 0.297 e. The van der Waals surface area contributed by atoms with Crippen LogP contribution in [0.15, 0.2) is 71.5 Å². The van der Waals surface area contributed by atoms with Crippen LogP contribution in [0.5, 0.6) is 11.5 Å². The number of benzene rings is 3. The molecule has 9 heteroatoms. The monoisotopic (exact) mass is 453 g/mol. The second kappa shape index (κ2) is 7.73. The molecule has 0 radical (unpaired) electrons. The molecule has 9 nitrogen and oxygen atoms in total. The highest BCUT2D eigenvalue weighted by Gasteiger charge is 2.19. The minimum atomic E-state index is -0.398. The van der Waals surface area contributed by atoms with Crippen molar-refractivity contribution in [2.75, 3.05) is 12.1 Å². The highest BCUT2D eigenvalue weighted by atomic mass is 16.7. The van der Waals surface area contributed by atoms with Gasteiger partial charge in [-0.2, -0.15) is 0 Å². The Bertz CT molecular complexity index is 1640. The molecule has 2 aromatic heterocycles. The Kier molecular flexibility index (Phi) is 4.54. The molecular weight excluding hydrogens is 434 g/mol. The first-order valence-electron chi connectivity index (χ1n) is 10.7. The number of amides is 1. The SMILES string of the molecule is Cc1ccc(-c2nnc3c(=O)n(CC(=O)Nc4ccc5c(c4)OCO5)c4ccccc4n23)cc1. The quantitative estimate of drug-likeness (QED) is 0.448. The molecule has 34 heavy (non-hydrogen) atoms. The molecular formula is C25H19N5O4. The average Bonchev–Trinajstić information content (AvgIpc) is 3.49. The van der Waals surface area contributed by atoms with Crippen LogP contribution in [0.4, 0.5) is 5.69 Å². The molecule has 1 N–H and O–H groups in total. The number of aromatic nitrogens is 4. The van der Waals surface area contributed by atoms with Crippen molar-refractivity contribution in [2.24, 2.45) is 0 Å². The molecule has 0 fully saturated rings. The Balaban J connectivity index is 1.41. The van der Waals surface area contributed by atoms with Crippen LogP contribution in [0.1, 0.15) is 5.56 Å². The van der Waals surface area contributed by atoms with E-state index in [2.05, 4.69) is 15.5 Å². The first kappa shape index (κ1) is 20.0. The second-order valence-corrected chi connectivity index (χ2v) is 8.04. The van der Waals surface area contributed by atoms with Gasteiger partial charge >= 0.3 is 0 Å². The molecule has 3 heterocycles. The van der Waals surface area contributed by atoms with Crippen LogP contribution >= 0.6 is 0 Å². The van der Waals surface area contributed by atoms with E-state index in [-0.39, 0.29) is 24.9 Å². The zero-order chi connectivity index (χ0) is 23.2. The lowest BCUT2D eigenvalue weighted by atomic mass is 10.1. The summed E-state index contributed by atoms with van der Waals surface area (Å²) in [4.78, 5) is 26.3. The molecule has 0 spiro atoms. The Labute approximate surface area is 193 Å². The van der Waals surface area contributed by atoms with E-state index < -0.39 is 5.56 Å². The third-order valence-electron chi connectivity index (χ3n) is 5.78. The molecule has 0 saturated carbocycles. The number of hydrogen-bond acceptors (Lipinski definition) is 6. The number of aryl methyl sites for hydroxylation is 1. The van der Waals surface area contributed by atoms with Crippen LogP contribution in [0, 0.1) is 6.92 Å². The maximum atomic E-state index is 13.4. The number of carbonyl (C=O) groups excluding carboxylic acids is 1. The van der Waals surface area contributed by atoms with Crippen LogP contribution in [-0.4, -0.2) is 31.9 Å². The van der Waals surface area contributed by atoms with Gasteiger partial charge in [0.25, 0.3) is 5.56 Å². The number of anilines is 1. The maximum Gasteiger partial charge on any atom is 0.297 e. The molecule has 6 rings (SSSR count). The third-order valence-corrected chi connectivity index (χ3v) is 5.78. The van der Waals surface area contributed by atoms with Crippen molar-refractivity contribution in [3.63, 3.8) is 0 Å². The van der Waals surface area contributed by atoms with Gasteiger partial charge in [0.2, 0.25) is 18.3 Å². The average molecular weight is 453 g/mol. The second-order valence-electron chi connectivity index (χ2n) is 8.04. The Morgan fingerprint density at radius 1 is 0.971 bits per heavy atom. The van der Waals surface area contributed by atoms with E-state index in [1.807, 2.05) is 55.5 Å². The summed E-state index contributed by atoms with van der Waals surface area (Å²) in [6, 6.07) is 20.4. The van der Waals surface area contributed by atoms with E-state index in [4.69, 9.17) is 9.47 Å². The Hall–Kier alpha value is -4.66. The van der Waals surface area contributed by atoms with Crippen LogP contribution in [0.25, 0.3) is 28.1 Å². The van der Waals surface area contributed by atoms with Gasteiger partial charge in [-0.25, -0.2) is 0 Å². The van der Waals surface area contributed by atoms with E-state index >= 15 is 0 Å². The van der Waals surface area contributed by atoms with E-state index in [9.17, 15) is 9.59 Å². The van der Waals surface area contributed by atoms with Gasteiger partial charge in [0, 0.05) is 17.3 Å². The van der Waals surface area contributed by atoms with E-state index in [0.717, 1.165) is 16.6 Å². The summed E-state index contributed by atoms with van der Waals surface area (Å²) >= 11 is 0. The lowest BCUT2D eigenvalue weighted by Gasteiger charge is -2.13.